The first-order valence-electron chi connectivity index (χ1n) is 27.6. The second-order valence-corrected chi connectivity index (χ2v) is 25.5. The van der Waals surface area contributed by atoms with Crippen molar-refractivity contribution in [2.24, 2.45) is 17.8 Å². The highest BCUT2D eigenvalue weighted by atomic mass is 32.2. The Morgan fingerprint density at radius 2 is 1.65 bits per heavy atom. The maximum atomic E-state index is 14.6. The van der Waals surface area contributed by atoms with Crippen LogP contribution in [0.5, 0.6) is 0 Å². The summed E-state index contributed by atoms with van der Waals surface area (Å²) in [7, 11) is 1.61. The van der Waals surface area contributed by atoms with Gasteiger partial charge >= 0.3 is 5.97 Å². The van der Waals surface area contributed by atoms with Gasteiger partial charge in [-0.2, -0.15) is 0 Å². The third-order valence-electron chi connectivity index (χ3n) is 16.8. The highest BCUT2D eigenvalue weighted by molar-refractivity contribution is 7.91. The van der Waals surface area contributed by atoms with Crippen molar-refractivity contribution in [3.8, 4) is 0 Å². The summed E-state index contributed by atoms with van der Waals surface area (Å²) >= 11 is 0. The molecule has 0 amide bonds. The van der Waals surface area contributed by atoms with Crippen molar-refractivity contribution in [3.05, 3.63) is 41.7 Å². The molecule has 0 radical (unpaired) electrons. The molecule has 0 bridgehead atoms. The fourth-order valence-corrected chi connectivity index (χ4v) is 12.7. The van der Waals surface area contributed by atoms with Crippen LogP contribution in [0.25, 0.3) is 0 Å². The topological polar surface area (TPSA) is 245 Å². The Bertz CT molecular complexity index is 2250. The van der Waals surface area contributed by atoms with Crippen LogP contribution in [0.1, 0.15) is 131 Å². The normalized spacial score (nSPS) is 38.3. The van der Waals surface area contributed by atoms with Gasteiger partial charge in [0.25, 0.3) is 0 Å². The molecule has 3 fully saturated rings. The van der Waals surface area contributed by atoms with E-state index < -0.39 is 131 Å². The highest BCUT2D eigenvalue weighted by Gasteiger charge is 2.52. The van der Waals surface area contributed by atoms with E-state index in [0.717, 1.165) is 0 Å². The number of cyclic esters (lactones) is 1. The SMILES string of the molecule is CC[C@H]1OC(=O)[C@H](C)[C@@H](O[C@H]2C[C@@](C)(OC)[C@@H](O)[C@H](C)O2)[C@H](C)[C@@H](O[C@@H]2O[C@H](C)C[C@H](N(C)CCc3cn([C@H](CF)Cc4ccc(S(=O)(=O)CCCF)cc4)nn3)[C@H]2O)[C@](C)(O)CC[C@@H](C)CN(C)[C@H](C)[C@@H](O)C[C@]1(C)O. The third-order valence-corrected chi connectivity index (χ3v) is 18.6. The lowest BCUT2D eigenvalue weighted by atomic mass is 9.78. The molecule has 4 heterocycles. The van der Waals surface area contributed by atoms with E-state index in [1.54, 1.807) is 66.8 Å². The molecule has 0 saturated carbocycles. The number of carbonyl (C=O) groups excluding carboxylic acids is 1. The number of carbonyl (C=O) groups is 1. The number of nitrogens with zero attached hydrogens (tertiary/aromatic N) is 5. The number of likely N-dealkylation sites (N-methyl/N-ethyl adjacent to an activating group) is 2. The van der Waals surface area contributed by atoms with Crippen LogP contribution < -0.4 is 0 Å². The number of aliphatic hydroxyl groups is 5. The van der Waals surface area contributed by atoms with Gasteiger partial charge in [-0.1, -0.05) is 38.1 Å². The number of benzene rings is 1. The maximum Gasteiger partial charge on any atom is 0.311 e. The zero-order valence-corrected chi connectivity index (χ0v) is 48.7. The number of aromatic nitrogens is 3. The average Bonchev–Trinajstić information content (AvgIpc) is 3.86. The highest BCUT2D eigenvalue weighted by Crippen LogP contribution is 2.40. The number of hydrogen-bond acceptors (Lipinski definition) is 18. The molecule has 442 valence electrons. The van der Waals surface area contributed by atoms with Crippen LogP contribution >= 0.6 is 0 Å². The molecule has 5 N–H and O–H groups in total. The van der Waals surface area contributed by atoms with Gasteiger partial charge in [0.2, 0.25) is 0 Å². The van der Waals surface area contributed by atoms with Crippen molar-refractivity contribution in [1.82, 2.24) is 24.8 Å². The van der Waals surface area contributed by atoms with Crippen molar-refractivity contribution in [1.29, 1.82) is 0 Å². The monoisotopic (exact) mass is 1120 g/mol. The Morgan fingerprint density at radius 1 is 0.974 bits per heavy atom. The molecule has 1 aromatic carbocycles. The van der Waals surface area contributed by atoms with Crippen molar-refractivity contribution in [2.75, 3.05) is 53.4 Å². The maximum absolute atomic E-state index is 14.6. The predicted octanol–water partition coefficient (Wildman–Crippen LogP) is 4.77. The molecule has 5 rings (SSSR count). The molecular formula is C55H93F2N5O14S. The van der Waals surface area contributed by atoms with Gasteiger partial charge < -0.3 is 63.8 Å². The van der Waals surface area contributed by atoms with Gasteiger partial charge in [0.05, 0.1) is 76.7 Å². The third kappa shape index (κ3) is 16.7. The van der Waals surface area contributed by atoms with Gasteiger partial charge in [0, 0.05) is 63.7 Å². The van der Waals surface area contributed by atoms with E-state index in [9.17, 15) is 47.5 Å². The van der Waals surface area contributed by atoms with E-state index in [1.807, 2.05) is 37.7 Å². The van der Waals surface area contributed by atoms with E-state index in [2.05, 4.69) is 17.2 Å². The van der Waals surface area contributed by atoms with Gasteiger partial charge in [0.1, 0.15) is 30.6 Å². The minimum atomic E-state index is -3.64. The Labute approximate surface area is 456 Å². The average molecular weight is 1120 g/mol. The second-order valence-electron chi connectivity index (χ2n) is 23.4. The summed E-state index contributed by atoms with van der Waals surface area (Å²) in [4.78, 5) is 18.6. The number of methoxy groups -OCH3 is 1. The first kappa shape index (κ1) is 65.0. The van der Waals surface area contributed by atoms with Gasteiger partial charge in [-0.3, -0.25) is 9.18 Å². The van der Waals surface area contributed by atoms with Crippen molar-refractivity contribution in [2.45, 2.75) is 228 Å². The van der Waals surface area contributed by atoms with Crippen LogP contribution in [0.15, 0.2) is 35.4 Å². The lowest BCUT2D eigenvalue weighted by molar-refractivity contribution is -0.318. The van der Waals surface area contributed by atoms with Gasteiger partial charge in [-0.25, -0.2) is 17.5 Å². The zero-order valence-electron chi connectivity index (χ0n) is 47.8. The molecule has 3 saturated heterocycles. The summed E-state index contributed by atoms with van der Waals surface area (Å²) in [5.74, 6) is -2.93. The van der Waals surface area contributed by atoms with Crippen LogP contribution in [0.4, 0.5) is 8.78 Å². The number of halogens is 2. The predicted molar refractivity (Wildman–Crippen MR) is 284 cm³/mol. The molecule has 2 aromatic rings. The summed E-state index contributed by atoms with van der Waals surface area (Å²) in [6.07, 6.45) is -6.41. The first-order chi connectivity index (χ1) is 36.0. The number of hydrogen-bond donors (Lipinski definition) is 5. The van der Waals surface area contributed by atoms with Crippen LogP contribution in [0, 0.1) is 17.8 Å². The molecule has 0 aliphatic carbocycles. The summed E-state index contributed by atoms with van der Waals surface area (Å²) in [6, 6.07) is 4.51. The van der Waals surface area contributed by atoms with E-state index in [0.29, 0.717) is 43.6 Å². The molecule has 19 atom stereocenters. The number of alkyl halides is 2. The van der Waals surface area contributed by atoms with E-state index >= 15 is 0 Å². The first-order valence-corrected chi connectivity index (χ1v) is 29.3. The number of esters is 1. The van der Waals surface area contributed by atoms with E-state index in [4.69, 9.17) is 28.4 Å². The van der Waals surface area contributed by atoms with E-state index in [-0.39, 0.29) is 61.1 Å². The quantitative estimate of drug-likeness (QED) is 0.126. The van der Waals surface area contributed by atoms with Crippen LogP contribution in [-0.2, 0) is 55.9 Å². The molecule has 3 aliphatic heterocycles. The molecule has 3 aliphatic rings. The lowest BCUT2D eigenvalue weighted by Crippen LogP contribution is -2.60. The molecule has 0 spiro atoms. The van der Waals surface area contributed by atoms with Gasteiger partial charge in [-0.15, -0.1) is 5.10 Å². The summed E-state index contributed by atoms with van der Waals surface area (Å²) < 4.78 is 92.1. The number of sulfone groups is 1. The number of ether oxygens (including phenoxy) is 6. The number of rotatable bonds is 18. The summed E-state index contributed by atoms with van der Waals surface area (Å²) in [6.45, 7) is 17.1. The Kier molecular flexibility index (Phi) is 23.4. The molecule has 22 heteroatoms. The zero-order chi connectivity index (χ0) is 57.4. The lowest BCUT2D eigenvalue weighted by Gasteiger charge is -2.48. The fraction of sp³-hybridized carbons (Fsp3) is 0.836. The van der Waals surface area contributed by atoms with Crippen LogP contribution in [0.2, 0.25) is 0 Å². The smallest absolute Gasteiger partial charge is 0.311 e. The Morgan fingerprint density at radius 3 is 2.27 bits per heavy atom. The largest absolute Gasteiger partial charge is 0.459 e. The van der Waals surface area contributed by atoms with Crippen molar-refractivity contribution < 1.29 is 75.9 Å². The Hall–Kier alpha value is -2.84. The molecule has 77 heavy (non-hydrogen) atoms. The van der Waals surface area contributed by atoms with Gasteiger partial charge in [-0.05, 0) is 125 Å². The van der Waals surface area contributed by atoms with Crippen LogP contribution in [0.3, 0.4) is 0 Å². The minimum absolute atomic E-state index is 0.00716. The Balaban J connectivity index is 1.41. The standard InChI is InChI=1S/C55H93F2N5O14S/c1-14-45-54(9,68)28-44(63)37(6)61(12)31-33(2)20-22-53(8,67)50(35(4)48(36(5)51(66)74-45)75-46-29-55(10,71-13)49(65)38(7)73-46)76-52-47(64)43(26-34(3)72-52)60(11)24-21-40-32-62(59-58-40)41(30-57)27-39-16-18-42(19-17-39)77(69,70)25-15-23-56/h16-19,32-38,41,43-50,52,63-65,67-68H,14-15,20-31H2,1-13H3/t33-,34-,35+,36-,37-,38+,41+,43+,44+,45-,46+,47-,48+,49+,50-,52+,53-,54+,55-/m1/s1. The molecule has 19 nitrogen and oxygen atoms in total. The minimum Gasteiger partial charge on any atom is -0.459 e. The summed E-state index contributed by atoms with van der Waals surface area (Å²) in [5.41, 5.74) is -3.08. The second kappa shape index (κ2) is 27.8. The molecule has 0 unspecified atom stereocenters. The van der Waals surface area contributed by atoms with Crippen LogP contribution in [-0.4, -0.2) is 208 Å². The van der Waals surface area contributed by atoms with Crippen molar-refractivity contribution >= 4 is 15.8 Å². The molecule has 1 aromatic heterocycles. The molecular weight excluding hydrogens is 1020 g/mol. The number of aliphatic hydroxyl groups excluding tert-OH is 3. The fourth-order valence-electron chi connectivity index (χ4n) is 11.4. The van der Waals surface area contributed by atoms with Gasteiger partial charge in [0.15, 0.2) is 22.4 Å². The summed E-state index contributed by atoms with van der Waals surface area (Å²) in [5, 5.41) is 68.1. The van der Waals surface area contributed by atoms with Crippen molar-refractivity contribution in [3.63, 3.8) is 0 Å². The van der Waals surface area contributed by atoms with E-state index in [1.165, 1.54) is 23.9 Å².